The molecule has 208 valence electrons. The van der Waals surface area contributed by atoms with Crippen LogP contribution in [0.3, 0.4) is 0 Å². The van der Waals surface area contributed by atoms with E-state index in [1.54, 1.807) is 0 Å². The van der Waals surface area contributed by atoms with E-state index in [-0.39, 0.29) is 0 Å². The Kier molecular flexibility index (Phi) is 5.06. The fourth-order valence-corrected chi connectivity index (χ4v) is 7.61. The summed E-state index contributed by atoms with van der Waals surface area (Å²) < 4.78 is 6.52. The molecule has 1 heterocycles. The van der Waals surface area contributed by atoms with Gasteiger partial charge in [-0.25, -0.2) is 0 Å². The van der Waals surface area contributed by atoms with Crippen molar-refractivity contribution >= 4 is 75.8 Å². The summed E-state index contributed by atoms with van der Waals surface area (Å²) >= 11 is 0. The van der Waals surface area contributed by atoms with Crippen LogP contribution in [-0.2, 0) is 0 Å². The molecular weight excluding hydrogens is 544 g/mol. The Morgan fingerprint density at radius 3 is 1.42 bits per heavy atom. The topological polar surface area (TPSA) is 13.1 Å². The van der Waals surface area contributed by atoms with Crippen LogP contribution in [0.5, 0.6) is 0 Å². The lowest BCUT2D eigenvalue weighted by Crippen LogP contribution is -1.91. The first-order valence-corrected chi connectivity index (χ1v) is 15.5. The van der Waals surface area contributed by atoms with Gasteiger partial charge in [-0.3, -0.25) is 0 Å². The van der Waals surface area contributed by atoms with E-state index in [1.807, 2.05) is 0 Å². The van der Waals surface area contributed by atoms with Gasteiger partial charge in [0.25, 0.3) is 0 Å². The first-order chi connectivity index (χ1) is 22.3. The fraction of sp³-hybridized carbons (Fsp3) is 0. The number of benzene rings is 9. The largest absolute Gasteiger partial charge is 0.456 e. The van der Waals surface area contributed by atoms with Gasteiger partial charge in [-0.15, -0.1) is 0 Å². The van der Waals surface area contributed by atoms with E-state index >= 15 is 0 Å². The summed E-state index contributed by atoms with van der Waals surface area (Å²) in [6.07, 6.45) is 0. The van der Waals surface area contributed by atoms with Crippen LogP contribution in [0.1, 0.15) is 0 Å². The van der Waals surface area contributed by atoms with Crippen LogP contribution in [0.15, 0.2) is 162 Å². The van der Waals surface area contributed by atoms with Crippen LogP contribution in [0.2, 0.25) is 0 Å². The van der Waals surface area contributed by atoms with Crippen molar-refractivity contribution in [3.8, 4) is 22.3 Å². The Labute approximate surface area is 259 Å². The van der Waals surface area contributed by atoms with Gasteiger partial charge in [0.15, 0.2) is 0 Å². The quantitative estimate of drug-likeness (QED) is 0.149. The van der Waals surface area contributed by atoms with Gasteiger partial charge >= 0.3 is 0 Å². The van der Waals surface area contributed by atoms with E-state index < -0.39 is 0 Å². The molecule has 1 heteroatoms. The molecule has 0 spiro atoms. The van der Waals surface area contributed by atoms with E-state index in [4.69, 9.17) is 4.42 Å². The summed E-state index contributed by atoms with van der Waals surface area (Å²) in [5.41, 5.74) is 6.75. The number of furan rings is 1. The van der Waals surface area contributed by atoms with E-state index in [9.17, 15) is 0 Å². The lowest BCUT2D eigenvalue weighted by Gasteiger charge is -2.18. The van der Waals surface area contributed by atoms with Crippen molar-refractivity contribution in [2.24, 2.45) is 0 Å². The second-order valence-corrected chi connectivity index (χ2v) is 12.0. The summed E-state index contributed by atoms with van der Waals surface area (Å²) in [5, 5.41) is 14.9. The van der Waals surface area contributed by atoms with Crippen LogP contribution < -0.4 is 0 Å². The molecule has 0 N–H and O–H groups in total. The highest BCUT2D eigenvalue weighted by molar-refractivity contribution is 6.24. The summed E-state index contributed by atoms with van der Waals surface area (Å²) in [6, 6.07) is 57.4. The third-order valence-corrected chi connectivity index (χ3v) is 9.62. The van der Waals surface area contributed by atoms with Gasteiger partial charge < -0.3 is 4.42 Å². The average Bonchev–Trinajstić information content (AvgIpc) is 3.49. The molecule has 1 nitrogen and oxygen atoms in total. The zero-order valence-corrected chi connectivity index (χ0v) is 24.4. The van der Waals surface area contributed by atoms with Gasteiger partial charge in [-0.05, 0) is 100 Å². The predicted octanol–water partition coefficient (Wildman–Crippen LogP) is 12.7. The lowest BCUT2D eigenvalue weighted by atomic mass is 9.85. The molecule has 0 amide bonds. The summed E-state index contributed by atoms with van der Waals surface area (Å²) in [6.45, 7) is 0. The van der Waals surface area contributed by atoms with Crippen molar-refractivity contribution < 1.29 is 4.42 Å². The molecule has 0 radical (unpaired) electrons. The average molecular weight is 571 g/mol. The third-order valence-electron chi connectivity index (χ3n) is 9.62. The highest BCUT2D eigenvalue weighted by atomic mass is 16.3. The van der Waals surface area contributed by atoms with Crippen LogP contribution in [0, 0.1) is 0 Å². The summed E-state index contributed by atoms with van der Waals surface area (Å²) in [7, 11) is 0. The zero-order valence-electron chi connectivity index (χ0n) is 24.4. The number of fused-ring (bicyclic) bond motifs is 10. The maximum atomic E-state index is 6.52. The summed E-state index contributed by atoms with van der Waals surface area (Å²) in [4.78, 5) is 0. The maximum Gasteiger partial charge on any atom is 0.136 e. The molecule has 10 rings (SSSR count). The molecule has 9 aromatic carbocycles. The minimum absolute atomic E-state index is 0.914. The van der Waals surface area contributed by atoms with E-state index in [2.05, 4.69) is 158 Å². The molecule has 1 aromatic heterocycles. The maximum absolute atomic E-state index is 6.52. The SMILES string of the molecule is c1ccc2c(c1)ccc1ccc(-c3c4ccccc4c(-c4ccc5c(c4)oc4ccc6ccccc6c45)c4ccccc34)cc12. The number of hydrogen-bond donors (Lipinski definition) is 0. The smallest absolute Gasteiger partial charge is 0.136 e. The molecule has 45 heavy (non-hydrogen) atoms. The minimum atomic E-state index is 0.914. The van der Waals surface area contributed by atoms with E-state index in [1.165, 1.54) is 75.9 Å². The second kappa shape index (κ2) is 9.29. The molecule has 0 saturated heterocycles. The van der Waals surface area contributed by atoms with Crippen molar-refractivity contribution in [1.82, 2.24) is 0 Å². The molecule has 0 aliphatic rings. The second-order valence-electron chi connectivity index (χ2n) is 12.0. The minimum Gasteiger partial charge on any atom is -0.456 e. The summed E-state index contributed by atoms with van der Waals surface area (Å²) in [5.74, 6) is 0. The molecule has 0 aliphatic carbocycles. The lowest BCUT2D eigenvalue weighted by molar-refractivity contribution is 0.669. The molecule has 0 bridgehead atoms. The first kappa shape index (κ1) is 24.5. The Morgan fingerprint density at radius 1 is 0.289 bits per heavy atom. The van der Waals surface area contributed by atoms with Crippen LogP contribution >= 0.6 is 0 Å². The third kappa shape index (κ3) is 3.56. The van der Waals surface area contributed by atoms with Gasteiger partial charge in [0.05, 0.1) is 0 Å². The van der Waals surface area contributed by atoms with Gasteiger partial charge in [0, 0.05) is 10.8 Å². The van der Waals surface area contributed by atoms with Crippen molar-refractivity contribution in [2.45, 2.75) is 0 Å². The van der Waals surface area contributed by atoms with Gasteiger partial charge in [0.1, 0.15) is 11.2 Å². The number of hydrogen-bond acceptors (Lipinski definition) is 1. The monoisotopic (exact) mass is 570 g/mol. The predicted molar refractivity (Wildman–Crippen MR) is 192 cm³/mol. The zero-order chi connectivity index (χ0) is 29.5. The Morgan fingerprint density at radius 2 is 0.756 bits per heavy atom. The van der Waals surface area contributed by atoms with E-state index in [0.717, 1.165) is 22.1 Å². The molecule has 0 fully saturated rings. The molecule has 0 unspecified atom stereocenters. The van der Waals surface area contributed by atoms with Crippen LogP contribution in [0.4, 0.5) is 0 Å². The van der Waals surface area contributed by atoms with Crippen LogP contribution in [0.25, 0.3) is 98.1 Å². The van der Waals surface area contributed by atoms with Crippen LogP contribution in [-0.4, -0.2) is 0 Å². The van der Waals surface area contributed by atoms with Crippen molar-refractivity contribution in [3.63, 3.8) is 0 Å². The van der Waals surface area contributed by atoms with Crippen molar-refractivity contribution in [1.29, 1.82) is 0 Å². The highest BCUT2D eigenvalue weighted by Crippen LogP contribution is 2.45. The van der Waals surface area contributed by atoms with Crippen molar-refractivity contribution in [2.75, 3.05) is 0 Å². The first-order valence-electron chi connectivity index (χ1n) is 15.5. The Bertz CT molecular complexity index is 2760. The van der Waals surface area contributed by atoms with E-state index in [0.29, 0.717) is 0 Å². The fourth-order valence-electron chi connectivity index (χ4n) is 7.61. The molecule has 0 atom stereocenters. The molecule has 0 saturated carbocycles. The molecule has 0 aliphatic heterocycles. The Hall–Kier alpha value is -5.92. The highest BCUT2D eigenvalue weighted by Gasteiger charge is 2.18. The molecular formula is C44H26O. The number of rotatable bonds is 2. The molecule has 10 aromatic rings. The van der Waals surface area contributed by atoms with Crippen molar-refractivity contribution in [3.05, 3.63) is 158 Å². The van der Waals surface area contributed by atoms with Gasteiger partial charge in [0.2, 0.25) is 0 Å². The standard InChI is InChI=1S/C44H26O/c1-3-11-32-27(9-1)17-18-29-19-20-30(25-39(29)32)42-34-13-5-7-15-36(34)43(37-16-8-6-14-35(37)42)31-21-23-38-41(26-31)45-40-24-22-28-10-2-4-12-33(28)44(38)40/h1-26H. The Balaban J connectivity index is 1.27. The van der Waals surface area contributed by atoms with Gasteiger partial charge in [-0.2, -0.15) is 0 Å². The normalized spacial score (nSPS) is 12.0. The van der Waals surface area contributed by atoms with Gasteiger partial charge in [-0.1, -0.05) is 133 Å².